The van der Waals surface area contributed by atoms with Crippen LogP contribution in [-0.4, -0.2) is 38.3 Å². The summed E-state index contributed by atoms with van der Waals surface area (Å²) >= 11 is 0.405. The molecule has 1 fully saturated rings. The van der Waals surface area contributed by atoms with Gasteiger partial charge in [-0.2, -0.15) is 0 Å². The fourth-order valence-corrected chi connectivity index (χ4v) is 2.19. The van der Waals surface area contributed by atoms with E-state index in [1.165, 1.54) is 30.3 Å². The molecule has 2 N–H and O–H groups in total. The lowest BCUT2D eigenvalue weighted by Gasteiger charge is -2.07. The number of phenols is 1. The van der Waals surface area contributed by atoms with Crippen molar-refractivity contribution in [1.82, 2.24) is 0 Å². The Bertz CT molecular complexity index is 325. The molecule has 2 rings (SSSR count). The first kappa shape index (κ1) is 13.0. The summed E-state index contributed by atoms with van der Waals surface area (Å²) in [6.07, 6.45) is 2.71. The highest BCUT2D eigenvalue weighted by molar-refractivity contribution is 6.27. The minimum atomic E-state index is -1.11. The summed E-state index contributed by atoms with van der Waals surface area (Å²) in [4.78, 5) is 10.3. The number of carbonyl (C=O) groups is 1. The van der Waals surface area contributed by atoms with E-state index in [1.54, 1.807) is 12.1 Å². The van der Waals surface area contributed by atoms with E-state index in [9.17, 15) is 4.79 Å². The van der Waals surface area contributed by atoms with Crippen LogP contribution in [0.1, 0.15) is 23.2 Å². The lowest BCUT2D eigenvalue weighted by Crippen LogP contribution is -2.06. The van der Waals surface area contributed by atoms with Crippen molar-refractivity contribution in [1.29, 1.82) is 0 Å². The van der Waals surface area contributed by atoms with E-state index in [-0.39, 0.29) is 11.3 Å². The SMILES string of the molecule is C1C[CH2][Al][O]C1.O=C(O)c1ccccc1O. The van der Waals surface area contributed by atoms with Crippen LogP contribution in [0.3, 0.4) is 0 Å². The van der Waals surface area contributed by atoms with Crippen LogP contribution in [0.2, 0.25) is 5.28 Å². The molecule has 1 heterocycles. The summed E-state index contributed by atoms with van der Waals surface area (Å²) in [6.45, 7) is 1.04. The van der Waals surface area contributed by atoms with Crippen LogP contribution in [0.25, 0.3) is 0 Å². The van der Waals surface area contributed by atoms with Gasteiger partial charge in [0.1, 0.15) is 11.3 Å². The summed E-state index contributed by atoms with van der Waals surface area (Å²) in [5.74, 6) is -1.31. The highest BCUT2D eigenvalue weighted by Gasteiger charge is 2.05. The summed E-state index contributed by atoms with van der Waals surface area (Å²) < 4.78 is 5.15. The number of rotatable bonds is 1. The van der Waals surface area contributed by atoms with Crippen LogP contribution in [-0.2, 0) is 3.79 Å². The molecule has 1 aromatic rings. The highest BCUT2D eigenvalue weighted by Crippen LogP contribution is 2.14. The van der Waals surface area contributed by atoms with Crippen molar-refractivity contribution in [2.75, 3.05) is 6.61 Å². The third-order valence-electron chi connectivity index (χ3n) is 2.09. The molecule has 0 unspecified atom stereocenters. The van der Waals surface area contributed by atoms with Crippen molar-refractivity contribution in [3.8, 4) is 5.75 Å². The second-order valence-corrected chi connectivity index (χ2v) is 4.60. The topological polar surface area (TPSA) is 66.8 Å². The molecule has 0 amide bonds. The summed E-state index contributed by atoms with van der Waals surface area (Å²) in [6, 6.07) is 5.81. The van der Waals surface area contributed by atoms with Gasteiger partial charge in [0.25, 0.3) is 0 Å². The van der Waals surface area contributed by atoms with Gasteiger partial charge in [0, 0.05) is 6.61 Å². The van der Waals surface area contributed by atoms with E-state index in [0.717, 1.165) is 6.61 Å². The van der Waals surface area contributed by atoms with Gasteiger partial charge in [-0.05, 0) is 18.6 Å². The fourth-order valence-electron chi connectivity index (χ4n) is 1.23. The van der Waals surface area contributed by atoms with Gasteiger partial charge in [0.15, 0.2) is 0 Å². The maximum Gasteiger partial charge on any atom is 0.423 e. The normalized spacial score (nSPS) is 14.2. The van der Waals surface area contributed by atoms with Crippen LogP contribution in [0, 0.1) is 0 Å². The first-order valence-electron chi connectivity index (χ1n) is 5.16. The lowest BCUT2D eigenvalue weighted by atomic mass is 10.2. The van der Waals surface area contributed by atoms with E-state index in [2.05, 4.69) is 0 Å². The maximum atomic E-state index is 10.3. The Kier molecular flexibility index (Phi) is 5.94. The minimum absolute atomic E-state index is 0.0671. The van der Waals surface area contributed by atoms with Crippen LogP contribution in [0.15, 0.2) is 24.3 Å². The van der Waals surface area contributed by atoms with Gasteiger partial charge >= 0.3 is 21.5 Å². The Morgan fingerprint density at radius 3 is 2.38 bits per heavy atom. The number of aromatic carboxylic acids is 1. The molecule has 1 saturated heterocycles. The molecule has 85 valence electrons. The van der Waals surface area contributed by atoms with Crippen molar-refractivity contribution in [2.24, 2.45) is 0 Å². The summed E-state index contributed by atoms with van der Waals surface area (Å²) in [5, 5.41) is 18.7. The maximum absolute atomic E-state index is 10.3. The van der Waals surface area contributed by atoms with Crippen LogP contribution in [0.5, 0.6) is 5.75 Å². The Balaban J connectivity index is 0.000000181. The van der Waals surface area contributed by atoms with E-state index >= 15 is 0 Å². The summed E-state index contributed by atoms with van der Waals surface area (Å²) in [5.41, 5.74) is -0.0671. The standard InChI is InChI=1S/C7H6O3.C4H8O.Al/c8-6-4-2-1-3-5(6)7(9)10;1-2-3-4-5;/h1-4,8H,(H,9,10);1-4H2;/q;-1;+1. The number of hydrogen-bond acceptors (Lipinski definition) is 3. The fraction of sp³-hybridized carbons (Fsp3) is 0.364. The van der Waals surface area contributed by atoms with E-state index < -0.39 is 5.97 Å². The van der Waals surface area contributed by atoms with Gasteiger partial charge in [-0.3, -0.25) is 0 Å². The average Bonchev–Trinajstić information content (AvgIpc) is 2.32. The number of benzene rings is 1. The number of aromatic hydroxyl groups is 1. The van der Waals surface area contributed by atoms with Crippen molar-refractivity contribution in [3.05, 3.63) is 29.8 Å². The van der Waals surface area contributed by atoms with E-state index in [4.69, 9.17) is 14.0 Å². The van der Waals surface area contributed by atoms with Crippen molar-refractivity contribution in [2.45, 2.75) is 18.1 Å². The van der Waals surface area contributed by atoms with E-state index in [0.29, 0.717) is 15.6 Å². The van der Waals surface area contributed by atoms with Gasteiger partial charge in [0.2, 0.25) is 0 Å². The lowest BCUT2D eigenvalue weighted by molar-refractivity contribution is 0.0694. The third kappa shape index (κ3) is 4.67. The Labute approximate surface area is 101 Å². The van der Waals surface area contributed by atoms with Crippen LogP contribution in [0.4, 0.5) is 0 Å². The Morgan fingerprint density at radius 2 is 2.06 bits per heavy atom. The second kappa shape index (κ2) is 7.29. The van der Waals surface area contributed by atoms with Gasteiger partial charge in [-0.25, -0.2) is 4.79 Å². The largest absolute Gasteiger partial charge is 0.507 e. The first-order valence-corrected chi connectivity index (χ1v) is 6.45. The van der Waals surface area contributed by atoms with Crippen LogP contribution >= 0.6 is 0 Å². The molecule has 5 heteroatoms. The molecule has 4 nitrogen and oxygen atoms in total. The number of hydrogen-bond donors (Lipinski definition) is 2. The Morgan fingerprint density at radius 1 is 1.31 bits per heavy atom. The molecule has 1 aliphatic heterocycles. The predicted octanol–water partition coefficient (Wildman–Crippen LogP) is 1.92. The molecule has 16 heavy (non-hydrogen) atoms. The number of carboxylic acid groups (broad SMARTS) is 1. The first-order chi connectivity index (χ1) is 7.72. The molecule has 0 atom stereocenters. The monoisotopic (exact) mass is 237 g/mol. The molecule has 0 spiro atoms. The van der Waals surface area contributed by atoms with Gasteiger partial charge in [-0.1, -0.05) is 23.8 Å². The quantitative estimate of drug-likeness (QED) is 0.732. The average molecular weight is 237 g/mol. The number of para-hydroxylation sites is 1. The zero-order valence-corrected chi connectivity index (χ0v) is 10.1. The predicted molar refractivity (Wildman–Crippen MR) is 60.8 cm³/mol. The number of carboxylic acids is 1. The zero-order valence-electron chi connectivity index (χ0n) is 8.93. The molecular formula is C11H14AlO4. The van der Waals surface area contributed by atoms with E-state index in [1.807, 2.05) is 0 Å². The molecule has 0 aromatic heterocycles. The third-order valence-corrected chi connectivity index (χ3v) is 3.20. The molecular weight excluding hydrogens is 223 g/mol. The van der Waals surface area contributed by atoms with Gasteiger partial charge < -0.3 is 14.0 Å². The molecule has 0 saturated carbocycles. The molecule has 0 bridgehead atoms. The van der Waals surface area contributed by atoms with Crippen molar-refractivity contribution < 1.29 is 18.8 Å². The highest BCUT2D eigenvalue weighted by atomic mass is 27.1. The molecule has 0 aliphatic carbocycles. The van der Waals surface area contributed by atoms with Crippen molar-refractivity contribution >= 4 is 21.5 Å². The molecule has 1 aromatic carbocycles. The van der Waals surface area contributed by atoms with Gasteiger partial charge in [0.05, 0.1) is 0 Å². The second-order valence-electron chi connectivity index (χ2n) is 3.36. The zero-order chi connectivity index (χ0) is 11.8. The molecule has 1 aliphatic rings. The van der Waals surface area contributed by atoms with Crippen LogP contribution < -0.4 is 0 Å². The Hall–Kier alpha value is -1.02. The molecule has 1 radical (unpaired) electrons. The van der Waals surface area contributed by atoms with Crippen molar-refractivity contribution in [3.63, 3.8) is 0 Å². The van der Waals surface area contributed by atoms with Gasteiger partial charge in [-0.15, -0.1) is 0 Å². The minimum Gasteiger partial charge on any atom is -0.507 e. The smallest absolute Gasteiger partial charge is 0.423 e. The summed E-state index contributed by atoms with van der Waals surface area (Å²) in [7, 11) is 0.